The lowest BCUT2D eigenvalue weighted by molar-refractivity contribution is -0.150. The molecule has 2 amide bonds. The highest BCUT2D eigenvalue weighted by Gasteiger charge is 2.38. The van der Waals surface area contributed by atoms with Crippen molar-refractivity contribution in [1.29, 1.82) is 5.26 Å². The Hall–Kier alpha value is -3.77. The van der Waals surface area contributed by atoms with Crippen molar-refractivity contribution in [3.63, 3.8) is 0 Å². The fraction of sp³-hybridized carbons (Fsp3) is 0.467. The molecule has 0 heterocycles. The molecule has 0 unspecified atom stereocenters. The number of carboxylic acids is 1. The number of aliphatic carboxylic acids is 1. The molecule has 40 heavy (non-hydrogen) atoms. The molecule has 9 nitrogen and oxygen atoms in total. The summed E-state index contributed by atoms with van der Waals surface area (Å²) in [6.45, 7) is 4.47. The van der Waals surface area contributed by atoms with Crippen molar-refractivity contribution in [3.05, 3.63) is 52.0 Å². The minimum Gasteiger partial charge on any atom is -0.496 e. The van der Waals surface area contributed by atoms with Gasteiger partial charge in [0.05, 0.1) is 41.0 Å². The highest BCUT2D eigenvalue weighted by Crippen LogP contribution is 2.39. The van der Waals surface area contributed by atoms with E-state index in [2.05, 4.69) is 23.6 Å². The maximum absolute atomic E-state index is 13.5. The number of hydrogen-bond acceptors (Lipinski definition) is 6. The summed E-state index contributed by atoms with van der Waals surface area (Å²) in [5, 5.41) is 25.3. The molecule has 0 bridgehead atoms. The standard InChI is InChI=1S/C30H34ClN3O6/c1-17-10-18(11-17)16-33-27(35)22-5-4-20(31)13-24(22)34-28(36)23-14-25(19(15-32)12-26(23)39-3)40-21-6-8-30(2,9-7-21)29(37)38/h4-5,12-14,17-18,21H,6-11,16H2,1-3H3,(H,33,35)(H,34,36)(H,37,38). The van der Waals surface area contributed by atoms with E-state index in [-0.39, 0.29) is 45.9 Å². The molecule has 2 saturated carbocycles. The predicted octanol–water partition coefficient (Wildman–Crippen LogP) is 5.66. The molecule has 2 aromatic rings. The average molecular weight is 568 g/mol. The lowest BCUT2D eigenvalue weighted by Gasteiger charge is -2.34. The lowest BCUT2D eigenvalue weighted by Crippen LogP contribution is -2.36. The van der Waals surface area contributed by atoms with Crippen LogP contribution >= 0.6 is 11.6 Å². The number of ether oxygens (including phenoxy) is 2. The lowest BCUT2D eigenvalue weighted by atomic mass is 9.75. The summed E-state index contributed by atoms with van der Waals surface area (Å²) in [5.41, 5.74) is 0.00899. The molecule has 2 aromatic carbocycles. The molecule has 0 saturated heterocycles. The zero-order chi connectivity index (χ0) is 29.0. The van der Waals surface area contributed by atoms with Crippen LogP contribution in [0.5, 0.6) is 11.5 Å². The first-order chi connectivity index (χ1) is 19.0. The number of nitrogens with one attached hydrogen (secondary N) is 2. The van der Waals surface area contributed by atoms with Gasteiger partial charge >= 0.3 is 5.97 Å². The van der Waals surface area contributed by atoms with Gasteiger partial charge in [0.25, 0.3) is 11.8 Å². The van der Waals surface area contributed by atoms with E-state index in [0.29, 0.717) is 49.1 Å². The largest absolute Gasteiger partial charge is 0.496 e. The molecule has 2 fully saturated rings. The Morgan fingerprint density at radius 1 is 1.10 bits per heavy atom. The van der Waals surface area contributed by atoms with Gasteiger partial charge in [-0.3, -0.25) is 14.4 Å². The number of nitrogens with zero attached hydrogens (tertiary/aromatic N) is 1. The molecule has 3 N–H and O–H groups in total. The number of methoxy groups -OCH3 is 1. The second kappa shape index (κ2) is 12.2. The van der Waals surface area contributed by atoms with Crippen molar-refractivity contribution in [2.75, 3.05) is 19.0 Å². The molecular formula is C30H34ClN3O6. The Bertz CT molecular complexity index is 1340. The number of nitriles is 1. The summed E-state index contributed by atoms with van der Waals surface area (Å²) in [7, 11) is 1.39. The normalized spacial score (nSPS) is 23.7. The molecule has 2 aliphatic rings. The first-order valence-corrected chi connectivity index (χ1v) is 13.8. The van der Waals surface area contributed by atoms with E-state index in [1.165, 1.54) is 25.3 Å². The zero-order valence-corrected chi connectivity index (χ0v) is 23.6. The van der Waals surface area contributed by atoms with Crippen LogP contribution in [-0.2, 0) is 4.79 Å². The molecule has 0 spiro atoms. The highest BCUT2D eigenvalue weighted by atomic mass is 35.5. The van der Waals surface area contributed by atoms with E-state index in [4.69, 9.17) is 21.1 Å². The Morgan fingerprint density at radius 2 is 1.80 bits per heavy atom. The van der Waals surface area contributed by atoms with Crippen LogP contribution in [-0.4, -0.2) is 42.6 Å². The van der Waals surface area contributed by atoms with E-state index < -0.39 is 17.3 Å². The molecule has 0 aliphatic heterocycles. The Balaban J connectivity index is 1.53. The third-order valence-corrected chi connectivity index (χ3v) is 8.25. The van der Waals surface area contributed by atoms with Crippen LogP contribution in [0.2, 0.25) is 5.02 Å². The number of rotatable bonds is 9. The number of halogens is 1. The van der Waals surface area contributed by atoms with E-state index in [9.17, 15) is 24.8 Å². The monoisotopic (exact) mass is 567 g/mol. The summed E-state index contributed by atoms with van der Waals surface area (Å²) in [5.74, 6) is -0.227. The van der Waals surface area contributed by atoms with Crippen LogP contribution < -0.4 is 20.1 Å². The van der Waals surface area contributed by atoms with Gasteiger partial charge in [-0.2, -0.15) is 5.26 Å². The number of hydrogen-bond donors (Lipinski definition) is 3. The van der Waals surface area contributed by atoms with Crippen molar-refractivity contribution in [2.24, 2.45) is 17.3 Å². The van der Waals surface area contributed by atoms with Crippen molar-refractivity contribution >= 4 is 35.1 Å². The summed E-state index contributed by atoms with van der Waals surface area (Å²) in [6, 6.07) is 9.61. The molecular weight excluding hydrogens is 534 g/mol. The van der Waals surface area contributed by atoms with E-state index in [1.54, 1.807) is 19.1 Å². The van der Waals surface area contributed by atoms with Crippen LogP contribution in [0.1, 0.15) is 78.7 Å². The fourth-order valence-corrected chi connectivity index (χ4v) is 5.58. The van der Waals surface area contributed by atoms with Gasteiger partial charge in [-0.25, -0.2) is 0 Å². The minimum atomic E-state index is -0.834. The SMILES string of the molecule is COc1cc(C#N)c(OC2CCC(C)(C(=O)O)CC2)cc1C(=O)Nc1cc(Cl)ccc1C(=O)NCC1CC(C)C1. The number of benzene rings is 2. The first kappa shape index (κ1) is 29.2. The molecule has 0 radical (unpaired) electrons. The molecule has 4 rings (SSSR count). The molecule has 10 heteroatoms. The number of amides is 2. The van der Waals surface area contributed by atoms with Crippen molar-refractivity contribution in [1.82, 2.24) is 5.32 Å². The Morgan fingerprint density at radius 3 is 2.40 bits per heavy atom. The van der Waals surface area contributed by atoms with Crippen LogP contribution in [0.3, 0.4) is 0 Å². The molecule has 2 aliphatic carbocycles. The second-order valence-corrected chi connectivity index (χ2v) is 11.6. The predicted molar refractivity (Wildman–Crippen MR) is 150 cm³/mol. The van der Waals surface area contributed by atoms with Gasteiger partial charge in [-0.15, -0.1) is 0 Å². The summed E-state index contributed by atoms with van der Waals surface area (Å²) in [4.78, 5) is 38.0. The van der Waals surface area contributed by atoms with Gasteiger partial charge in [0.2, 0.25) is 0 Å². The van der Waals surface area contributed by atoms with Crippen LogP contribution in [0.15, 0.2) is 30.3 Å². The van der Waals surface area contributed by atoms with Crippen molar-refractivity contribution in [2.45, 2.75) is 58.5 Å². The Kier molecular flexibility index (Phi) is 8.89. The van der Waals surface area contributed by atoms with Crippen LogP contribution in [0.4, 0.5) is 5.69 Å². The number of anilines is 1. The second-order valence-electron chi connectivity index (χ2n) is 11.1. The number of carbonyl (C=O) groups is 3. The molecule has 0 atom stereocenters. The summed E-state index contributed by atoms with van der Waals surface area (Å²) < 4.78 is 11.5. The summed E-state index contributed by atoms with van der Waals surface area (Å²) >= 11 is 6.20. The average Bonchev–Trinajstić information content (AvgIpc) is 2.91. The van der Waals surface area contributed by atoms with Gasteiger partial charge < -0.3 is 25.2 Å². The third-order valence-electron chi connectivity index (χ3n) is 8.01. The molecule has 212 valence electrons. The van der Waals surface area contributed by atoms with Gasteiger partial charge in [-0.05, 0) is 81.5 Å². The molecule has 0 aromatic heterocycles. The highest BCUT2D eigenvalue weighted by molar-refractivity contribution is 6.31. The third kappa shape index (κ3) is 6.50. The fourth-order valence-electron chi connectivity index (χ4n) is 5.41. The van der Waals surface area contributed by atoms with Gasteiger partial charge in [0.15, 0.2) is 0 Å². The van der Waals surface area contributed by atoms with Crippen LogP contribution in [0, 0.1) is 28.6 Å². The van der Waals surface area contributed by atoms with Crippen molar-refractivity contribution < 1.29 is 29.0 Å². The van der Waals surface area contributed by atoms with Gasteiger partial charge in [0, 0.05) is 17.6 Å². The number of carboxylic acid groups (broad SMARTS) is 1. The maximum atomic E-state index is 13.5. The smallest absolute Gasteiger partial charge is 0.309 e. The Labute approximate surface area is 238 Å². The first-order valence-electron chi connectivity index (χ1n) is 13.4. The van der Waals surface area contributed by atoms with Crippen LogP contribution in [0.25, 0.3) is 0 Å². The summed E-state index contributed by atoms with van der Waals surface area (Å²) in [6.07, 6.45) is 3.74. The quantitative estimate of drug-likeness (QED) is 0.355. The van der Waals surface area contributed by atoms with E-state index in [1.807, 2.05) is 0 Å². The zero-order valence-electron chi connectivity index (χ0n) is 22.9. The van der Waals surface area contributed by atoms with Gasteiger partial charge in [0.1, 0.15) is 17.6 Å². The number of carbonyl (C=O) groups excluding carboxylic acids is 2. The van der Waals surface area contributed by atoms with E-state index >= 15 is 0 Å². The minimum absolute atomic E-state index is 0.109. The maximum Gasteiger partial charge on any atom is 0.309 e. The topological polar surface area (TPSA) is 138 Å². The van der Waals surface area contributed by atoms with E-state index in [0.717, 1.165) is 12.8 Å². The van der Waals surface area contributed by atoms with Crippen molar-refractivity contribution in [3.8, 4) is 17.6 Å². The van der Waals surface area contributed by atoms with Gasteiger partial charge in [-0.1, -0.05) is 18.5 Å².